The van der Waals surface area contributed by atoms with E-state index >= 15 is 0 Å². The topological polar surface area (TPSA) is 26.3 Å². The van der Waals surface area contributed by atoms with Crippen molar-refractivity contribution in [2.75, 3.05) is 0 Å². The molecule has 0 aromatic rings. The minimum atomic E-state index is 0.278. The van der Waals surface area contributed by atoms with Gasteiger partial charge in [0.25, 0.3) is 0 Å². The van der Waals surface area contributed by atoms with Gasteiger partial charge in [-0.15, -0.1) is 0 Å². The van der Waals surface area contributed by atoms with E-state index in [-0.39, 0.29) is 5.41 Å². The Labute approximate surface area is 98.7 Å². The van der Waals surface area contributed by atoms with Gasteiger partial charge in [0.1, 0.15) is 5.78 Å². The molecule has 16 heavy (non-hydrogen) atoms. The molecule has 2 saturated heterocycles. The molecule has 0 aromatic heterocycles. The van der Waals surface area contributed by atoms with Crippen LogP contribution in [0.5, 0.6) is 0 Å². The van der Waals surface area contributed by atoms with Crippen molar-refractivity contribution >= 4 is 5.78 Å². The second-order valence-electron chi connectivity index (χ2n) is 6.65. The number of rotatable bonds is 3. The van der Waals surface area contributed by atoms with Crippen molar-refractivity contribution in [2.45, 2.75) is 71.5 Å². The number of hydrogen-bond donors (Lipinski definition) is 0. The lowest BCUT2D eigenvalue weighted by Crippen LogP contribution is -2.30. The van der Waals surface area contributed by atoms with E-state index in [1.807, 2.05) is 0 Å². The summed E-state index contributed by atoms with van der Waals surface area (Å²) in [6, 6.07) is 0. The maximum Gasteiger partial charge on any atom is 0.136 e. The fraction of sp³-hybridized carbons (Fsp3) is 0.929. The number of Topliss-reactive ketones (excluding diaryl/α,β-unsaturated/α-hetero) is 1. The van der Waals surface area contributed by atoms with E-state index in [0.717, 1.165) is 25.7 Å². The highest BCUT2D eigenvalue weighted by Gasteiger charge is 2.37. The Hall–Kier alpha value is -0.370. The minimum Gasteiger partial charge on any atom is -0.375 e. The number of ether oxygens (including phenoxy) is 1. The molecular formula is C14H24O2. The minimum absolute atomic E-state index is 0.278. The summed E-state index contributed by atoms with van der Waals surface area (Å²) in [4.78, 5) is 12.1. The van der Waals surface area contributed by atoms with E-state index in [9.17, 15) is 4.79 Å². The van der Waals surface area contributed by atoms with Crippen LogP contribution in [0.15, 0.2) is 0 Å². The summed E-state index contributed by atoms with van der Waals surface area (Å²) in [7, 11) is 0. The summed E-state index contributed by atoms with van der Waals surface area (Å²) in [5, 5.41) is 0. The zero-order valence-electron chi connectivity index (χ0n) is 10.8. The van der Waals surface area contributed by atoms with Crippen LogP contribution in [0, 0.1) is 11.3 Å². The maximum atomic E-state index is 12.1. The average Bonchev–Trinajstić information content (AvgIpc) is 2.53. The molecule has 0 saturated carbocycles. The van der Waals surface area contributed by atoms with Gasteiger partial charge in [0, 0.05) is 12.3 Å². The van der Waals surface area contributed by atoms with Gasteiger partial charge in [-0.05, 0) is 37.5 Å². The smallest absolute Gasteiger partial charge is 0.136 e. The summed E-state index contributed by atoms with van der Waals surface area (Å²) >= 11 is 0. The first-order valence-corrected chi connectivity index (χ1v) is 6.62. The highest BCUT2D eigenvalue weighted by atomic mass is 16.5. The first-order valence-electron chi connectivity index (χ1n) is 6.62. The Morgan fingerprint density at radius 2 is 1.75 bits per heavy atom. The summed E-state index contributed by atoms with van der Waals surface area (Å²) in [6.07, 6.45) is 6.87. The van der Waals surface area contributed by atoms with Crippen LogP contribution in [0.2, 0.25) is 0 Å². The second-order valence-corrected chi connectivity index (χ2v) is 6.65. The van der Waals surface area contributed by atoms with Gasteiger partial charge in [-0.3, -0.25) is 4.79 Å². The molecule has 2 heterocycles. The van der Waals surface area contributed by atoms with Crippen LogP contribution in [0.4, 0.5) is 0 Å². The van der Waals surface area contributed by atoms with Crippen LogP contribution in [-0.2, 0) is 9.53 Å². The van der Waals surface area contributed by atoms with Crippen LogP contribution in [-0.4, -0.2) is 18.0 Å². The van der Waals surface area contributed by atoms with Gasteiger partial charge in [-0.1, -0.05) is 20.8 Å². The molecule has 2 unspecified atom stereocenters. The maximum absolute atomic E-state index is 12.1. The van der Waals surface area contributed by atoms with E-state index in [1.54, 1.807) is 0 Å². The van der Waals surface area contributed by atoms with E-state index in [2.05, 4.69) is 20.8 Å². The van der Waals surface area contributed by atoms with Crippen LogP contribution in [0.3, 0.4) is 0 Å². The van der Waals surface area contributed by atoms with Gasteiger partial charge < -0.3 is 4.74 Å². The fourth-order valence-electron chi connectivity index (χ4n) is 2.82. The molecule has 2 rings (SSSR count). The Kier molecular flexibility index (Phi) is 3.39. The monoisotopic (exact) mass is 224 g/mol. The highest BCUT2D eigenvalue weighted by Crippen LogP contribution is 2.37. The standard InChI is InChI=1S/C14H24O2/c1-14(2,3)7-6-13(15)10-8-11-4-5-12(9-10)16-11/h10-12H,4-9H2,1-3H3. The molecule has 0 radical (unpaired) electrons. The summed E-state index contributed by atoms with van der Waals surface area (Å²) in [5.74, 6) is 0.781. The molecule has 2 bridgehead atoms. The van der Waals surface area contributed by atoms with Crippen molar-refractivity contribution in [3.8, 4) is 0 Å². The van der Waals surface area contributed by atoms with E-state index in [0.29, 0.717) is 23.9 Å². The lowest BCUT2D eigenvalue weighted by Gasteiger charge is -2.28. The van der Waals surface area contributed by atoms with E-state index in [1.165, 1.54) is 12.8 Å². The molecule has 2 atom stereocenters. The molecule has 2 aliphatic heterocycles. The van der Waals surface area contributed by atoms with Crippen LogP contribution < -0.4 is 0 Å². The highest BCUT2D eigenvalue weighted by molar-refractivity contribution is 5.81. The van der Waals surface area contributed by atoms with E-state index < -0.39 is 0 Å². The molecule has 92 valence electrons. The third-order valence-corrected chi connectivity index (χ3v) is 3.87. The molecule has 2 heteroatoms. The molecule has 2 nitrogen and oxygen atoms in total. The van der Waals surface area contributed by atoms with Crippen LogP contribution in [0.25, 0.3) is 0 Å². The first kappa shape index (κ1) is 12.1. The van der Waals surface area contributed by atoms with Gasteiger partial charge in [-0.25, -0.2) is 0 Å². The van der Waals surface area contributed by atoms with Crippen molar-refractivity contribution in [3.05, 3.63) is 0 Å². The largest absolute Gasteiger partial charge is 0.375 e. The van der Waals surface area contributed by atoms with Gasteiger partial charge in [-0.2, -0.15) is 0 Å². The zero-order valence-corrected chi connectivity index (χ0v) is 10.8. The van der Waals surface area contributed by atoms with Crippen molar-refractivity contribution in [3.63, 3.8) is 0 Å². The zero-order chi connectivity index (χ0) is 11.8. The van der Waals surface area contributed by atoms with Gasteiger partial charge in [0.05, 0.1) is 12.2 Å². The Balaban J connectivity index is 1.81. The van der Waals surface area contributed by atoms with Gasteiger partial charge in [0.2, 0.25) is 0 Å². The molecular weight excluding hydrogens is 200 g/mol. The summed E-state index contributed by atoms with van der Waals surface area (Å²) in [5.41, 5.74) is 0.278. The van der Waals surface area contributed by atoms with E-state index in [4.69, 9.17) is 4.74 Å². The molecule has 2 fully saturated rings. The van der Waals surface area contributed by atoms with Crippen molar-refractivity contribution < 1.29 is 9.53 Å². The third-order valence-electron chi connectivity index (χ3n) is 3.87. The molecule has 2 aliphatic rings. The lowest BCUT2D eigenvalue weighted by atomic mass is 9.84. The number of fused-ring (bicyclic) bond motifs is 2. The summed E-state index contributed by atoms with van der Waals surface area (Å²) in [6.45, 7) is 6.61. The first-order chi connectivity index (χ1) is 7.44. The Bertz CT molecular complexity index is 252. The molecule has 0 spiro atoms. The SMILES string of the molecule is CC(C)(C)CCC(=O)C1CC2CCC(C1)O2. The number of carbonyl (C=O) groups excluding carboxylic acids is 1. The van der Waals surface area contributed by atoms with Crippen molar-refractivity contribution in [1.29, 1.82) is 0 Å². The van der Waals surface area contributed by atoms with Gasteiger partial charge in [0.15, 0.2) is 0 Å². The predicted molar refractivity (Wildman–Crippen MR) is 64.3 cm³/mol. The molecule has 0 aliphatic carbocycles. The second kappa shape index (κ2) is 4.48. The normalized spacial score (nSPS) is 34.1. The van der Waals surface area contributed by atoms with Crippen LogP contribution >= 0.6 is 0 Å². The van der Waals surface area contributed by atoms with Crippen LogP contribution in [0.1, 0.15) is 59.3 Å². The Morgan fingerprint density at radius 3 is 2.25 bits per heavy atom. The Morgan fingerprint density at radius 1 is 1.19 bits per heavy atom. The lowest BCUT2D eigenvalue weighted by molar-refractivity contribution is -0.129. The quantitative estimate of drug-likeness (QED) is 0.735. The number of hydrogen-bond acceptors (Lipinski definition) is 2. The van der Waals surface area contributed by atoms with Crippen molar-refractivity contribution in [2.24, 2.45) is 11.3 Å². The summed E-state index contributed by atoms with van der Waals surface area (Å²) < 4.78 is 5.77. The molecule has 0 amide bonds. The fourth-order valence-corrected chi connectivity index (χ4v) is 2.82. The number of ketones is 1. The molecule has 0 aromatic carbocycles. The predicted octanol–water partition coefficient (Wildman–Crippen LogP) is 3.34. The number of carbonyl (C=O) groups is 1. The molecule has 0 N–H and O–H groups in total. The third kappa shape index (κ3) is 3.07. The van der Waals surface area contributed by atoms with Gasteiger partial charge >= 0.3 is 0 Å². The van der Waals surface area contributed by atoms with Crippen molar-refractivity contribution in [1.82, 2.24) is 0 Å². The average molecular weight is 224 g/mol.